The number of allylic oxidation sites excluding steroid dienone is 2. The molecule has 0 unspecified atom stereocenters. The Balaban J connectivity index is 2.12. The van der Waals surface area contributed by atoms with E-state index >= 15 is 0 Å². The van der Waals surface area contributed by atoms with Crippen molar-refractivity contribution < 1.29 is 5.11 Å². The summed E-state index contributed by atoms with van der Waals surface area (Å²) in [4.78, 5) is 0. The van der Waals surface area contributed by atoms with Crippen molar-refractivity contribution in [3.63, 3.8) is 0 Å². The molecule has 1 aromatic rings. The van der Waals surface area contributed by atoms with E-state index in [4.69, 9.17) is 0 Å². The molecule has 2 rings (SSSR count). The number of phenols is 1. The first-order valence-corrected chi connectivity index (χ1v) is 7.64. The summed E-state index contributed by atoms with van der Waals surface area (Å²) in [6, 6.07) is 4.22. The summed E-state index contributed by atoms with van der Waals surface area (Å²) >= 11 is 4.40. The van der Waals surface area contributed by atoms with Crippen molar-refractivity contribution >= 4 is 45.2 Å². The van der Waals surface area contributed by atoms with E-state index in [0.29, 0.717) is 5.75 Å². The highest BCUT2D eigenvalue weighted by molar-refractivity contribution is 14.1. The van der Waals surface area contributed by atoms with Gasteiger partial charge in [-0.25, -0.2) is 0 Å². The van der Waals surface area contributed by atoms with E-state index < -0.39 is 0 Å². The molecule has 16 heavy (non-hydrogen) atoms. The molecule has 86 valence electrons. The van der Waals surface area contributed by atoms with E-state index in [1.54, 1.807) is 0 Å². The molecule has 0 radical (unpaired) electrons. The van der Waals surface area contributed by atoms with Gasteiger partial charge in [0, 0.05) is 0 Å². The summed E-state index contributed by atoms with van der Waals surface area (Å²) in [5.74, 6) is 1.20. The van der Waals surface area contributed by atoms with Crippen molar-refractivity contribution in [1.29, 1.82) is 0 Å². The van der Waals surface area contributed by atoms with Gasteiger partial charge in [0.25, 0.3) is 0 Å². The standard InChI is InChI=1S/C13H14I2O/c14-11-7-10(8-12(15)13(11)16)6-9-4-2-1-3-5-9/h1-2,7-9,16H,3-6H2/t9-/m1/s1. The molecule has 0 fully saturated rings. The summed E-state index contributed by atoms with van der Waals surface area (Å²) in [5.41, 5.74) is 1.35. The predicted octanol–water partition coefficient (Wildman–Crippen LogP) is 4.50. The minimum Gasteiger partial charge on any atom is -0.506 e. The third-order valence-corrected chi connectivity index (χ3v) is 4.62. The molecule has 1 aliphatic carbocycles. The van der Waals surface area contributed by atoms with Crippen LogP contribution in [0.1, 0.15) is 24.8 Å². The van der Waals surface area contributed by atoms with Gasteiger partial charge >= 0.3 is 0 Å². The van der Waals surface area contributed by atoms with Gasteiger partial charge in [0.2, 0.25) is 0 Å². The first-order chi connectivity index (χ1) is 7.66. The summed E-state index contributed by atoms with van der Waals surface area (Å²) in [5, 5.41) is 9.71. The van der Waals surface area contributed by atoms with Crippen molar-refractivity contribution in [2.75, 3.05) is 0 Å². The number of benzene rings is 1. The molecule has 1 N–H and O–H groups in total. The molecule has 0 saturated heterocycles. The number of aromatic hydroxyl groups is 1. The average molecular weight is 440 g/mol. The Morgan fingerprint density at radius 2 is 1.88 bits per heavy atom. The van der Waals surface area contributed by atoms with Crippen LogP contribution in [0.25, 0.3) is 0 Å². The molecular formula is C13H14I2O. The van der Waals surface area contributed by atoms with Gasteiger partial charge in [-0.05, 0) is 94.5 Å². The smallest absolute Gasteiger partial charge is 0.142 e. The van der Waals surface area contributed by atoms with Gasteiger partial charge in [-0.2, -0.15) is 0 Å². The maximum atomic E-state index is 9.71. The summed E-state index contributed by atoms with van der Waals surface area (Å²) in [6.45, 7) is 0. The lowest BCUT2D eigenvalue weighted by molar-refractivity contribution is 0.463. The molecule has 0 aromatic heterocycles. The largest absolute Gasteiger partial charge is 0.506 e. The Kier molecular flexibility index (Phi) is 4.52. The van der Waals surface area contributed by atoms with Crippen molar-refractivity contribution in [2.45, 2.75) is 25.7 Å². The lowest BCUT2D eigenvalue weighted by atomic mass is 9.89. The van der Waals surface area contributed by atoms with Crippen molar-refractivity contribution in [3.8, 4) is 5.75 Å². The Labute approximate surface area is 124 Å². The second-order valence-electron chi connectivity index (χ2n) is 4.26. The summed E-state index contributed by atoms with van der Waals surface area (Å²) in [6.07, 6.45) is 9.43. The third kappa shape index (κ3) is 3.12. The van der Waals surface area contributed by atoms with Crippen LogP contribution in [-0.4, -0.2) is 5.11 Å². The Hall–Kier alpha value is 0.220. The minimum atomic E-state index is 0.425. The van der Waals surface area contributed by atoms with E-state index in [0.717, 1.165) is 19.5 Å². The summed E-state index contributed by atoms with van der Waals surface area (Å²) < 4.78 is 1.93. The molecule has 0 spiro atoms. The normalized spacial score (nSPS) is 20.0. The highest BCUT2D eigenvalue weighted by atomic mass is 127. The van der Waals surface area contributed by atoms with Crippen molar-refractivity contribution in [1.82, 2.24) is 0 Å². The second kappa shape index (κ2) is 5.71. The van der Waals surface area contributed by atoms with Gasteiger partial charge in [-0.15, -0.1) is 0 Å². The molecule has 0 bridgehead atoms. The van der Waals surface area contributed by atoms with Gasteiger partial charge in [-0.1, -0.05) is 12.2 Å². The zero-order chi connectivity index (χ0) is 11.5. The number of phenolic OH excluding ortho intramolecular Hbond substituents is 1. The average Bonchev–Trinajstić information content (AvgIpc) is 2.27. The first-order valence-electron chi connectivity index (χ1n) is 5.48. The monoisotopic (exact) mass is 440 g/mol. The van der Waals surface area contributed by atoms with E-state index in [9.17, 15) is 5.11 Å². The minimum absolute atomic E-state index is 0.425. The van der Waals surface area contributed by atoms with E-state index in [-0.39, 0.29) is 0 Å². The zero-order valence-electron chi connectivity index (χ0n) is 8.92. The number of hydrogen-bond acceptors (Lipinski definition) is 1. The lowest BCUT2D eigenvalue weighted by Crippen LogP contribution is -2.06. The number of rotatable bonds is 2. The number of halogens is 2. The Bertz CT molecular complexity index is 389. The maximum absolute atomic E-state index is 9.71. The van der Waals surface area contributed by atoms with Crippen LogP contribution in [0.5, 0.6) is 5.75 Å². The summed E-state index contributed by atoms with van der Waals surface area (Å²) in [7, 11) is 0. The van der Waals surface area contributed by atoms with Crippen molar-refractivity contribution in [2.24, 2.45) is 5.92 Å². The molecule has 1 aliphatic rings. The van der Waals surface area contributed by atoms with Gasteiger partial charge in [0.05, 0.1) is 7.14 Å². The molecule has 0 amide bonds. The third-order valence-electron chi connectivity index (χ3n) is 2.98. The quantitative estimate of drug-likeness (QED) is 0.531. The van der Waals surface area contributed by atoms with Crippen LogP contribution in [0, 0.1) is 13.1 Å². The Morgan fingerprint density at radius 3 is 2.44 bits per heavy atom. The van der Waals surface area contributed by atoms with Gasteiger partial charge in [0.15, 0.2) is 0 Å². The molecule has 1 aromatic carbocycles. The highest BCUT2D eigenvalue weighted by Gasteiger charge is 2.13. The van der Waals surface area contributed by atoms with Crippen LogP contribution < -0.4 is 0 Å². The van der Waals surface area contributed by atoms with Crippen LogP contribution in [0.3, 0.4) is 0 Å². The Morgan fingerprint density at radius 1 is 1.19 bits per heavy atom. The fourth-order valence-electron chi connectivity index (χ4n) is 2.11. The van der Waals surface area contributed by atoms with Crippen LogP contribution in [0.15, 0.2) is 24.3 Å². The maximum Gasteiger partial charge on any atom is 0.142 e. The lowest BCUT2D eigenvalue weighted by Gasteiger charge is -2.18. The topological polar surface area (TPSA) is 20.2 Å². The predicted molar refractivity (Wildman–Crippen MR) is 83.7 cm³/mol. The molecule has 1 atom stereocenters. The second-order valence-corrected chi connectivity index (χ2v) is 6.59. The first kappa shape index (κ1) is 12.7. The number of hydrogen-bond donors (Lipinski definition) is 1. The van der Waals surface area contributed by atoms with Crippen LogP contribution in [0.4, 0.5) is 0 Å². The van der Waals surface area contributed by atoms with E-state index in [1.807, 2.05) is 0 Å². The fraction of sp³-hybridized carbons (Fsp3) is 0.385. The van der Waals surface area contributed by atoms with E-state index in [2.05, 4.69) is 69.5 Å². The van der Waals surface area contributed by atoms with E-state index in [1.165, 1.54) is 24.8 Å². The highest BCUT2D eigenvalue weighted by Crippen LogP contribution is 2.30. The van der Waals surface area contributed by atoms with Crippen LogP contribution >= 0.6 is 45.2 Å². The molecule has 1 nitrogen and oxygen atoms in total. The van der Waals surface area contributed by atoms with Gasteiger partial charge in [0.1, 0.15) is 5.75 Å². The molecular weight excluding hydrogens is 426 g/mol. The molecule has 3 heteroatoms. The molecule has 0 aliphatic heterocycles. The van der Waals surface area contributed by atoms with Crippen LogP contribution in [0.2, 0.25) is 0 Å². The van der Waals surface area contributed by atoms with Gasteiger partial charge < -0.3 is 5.11 Å². The molecule has 0 heterocycles. The van der Waals surface area contributed by atoms with Crippen LogP contribution in [-0.2, 0) is 6.42 Å². The SMILES string of the molecule is Oc1c(I)cc(C[C@@H]2CC=CCC2)cc1I. The van der Waals surface area contributed by atoms with Crippen molar-refractivity contribution in [3.05, 3.63) is 37.0 Å². The fourth-order valence-corrected chi connectivity index (χ4v) is 4.01. The molecule has 0 saturated carbocycles. The van der Waals surface area contributed by atoms with Gasteiger partial charge in [-0.3, -0.25) is 0 Å². The zero-order valence-corrected chi connectivity index (χ0v) is 13.2.